The molecule has 1 fully saturated rings. The highest BCUT2D eigenvalue weighted by Crippen LogP contribution is 2.31. The molecule has 0 bridgehead atoms. The number of carbonyl (C=O) groups excluding carboxylic acids is 1. The van der Waals surface area contributed by atoms with E-state index in [9.17, 15) is 9.90 Å². The summed E-state index contributed by atoms with van der Waals surface area (Å²) in [6, 6.07) is 18.0. The highest BCUT2D eigenvalue weighted by molar-refractivity contribution is 5.85. The number of carbonyl (C=O) groups is 1. The Balaban J connectivity index is 1.45. The summed E-state index contributed by atoms with van der Waals surface area (Å²) >= 11 is 0. The van der Waals surface area contributed by atoms with Gasteiger partial charge in [-0.2, -0.15) is 0 Å². The van der Waals surface area contributed by atoms with E-state index >= 15 is 0 Å². The molecule has 0 unspecified atom stereocenters. The predicted molar refractivity (Wildman–Crippen MR) is 126 cm³/mol. The van der Waals surface area contributed by atoms with Crippen molar-refractivity contribution < 1.29 is 14.6 Å². The topological polar surface area (TPSA) is 75.5 Å². The zero-order valence-corrected chi connectivity index (χ0v) is 18.8. The molecular formula is C27H31N3O3. The lowest BCUT2D eigenvalue weighted by Crippen LogP contribution is -2.39. The van der Waals surface area contributed by atoms with Crippen molar-refractivity contribution in [2.24, 2.45) is 5.92 Å². The predicted octanol–water partition coefficient (Wildman–Crippen LogP) is 3.60. The van der Waals surface area contributed by atoms with Crippen LogP contribution in [0.15, 0.2) is 79.4 Å². The number of ether oxygens (including phenoxy) is 1. The molecule has 2 aromatic carbocycles. The van der Waals surface area contributed by atoms with E-state index in [2.05, 4.69) is 14.9 Å². The summed E-state index contributed by atoms with van der Waals surface area (Å²) in [6.45, 7) is 3.42. The lowest BCUT2D eigenvalue weighted by molar-refractivity contribution is -0.162. The molecule has 6 nitrogen and oxygen atoms in total. The molecule has 1 atom stereocenters. The third kappa shape index (κ3) is 5.83. The smallest absolute Gasteiger partial charge is 0.347 e. The SMILES string of the molecule is O=C(OCC[C@@H](Cc1cncnc1)CN1CCCC1)C(O)(c1ccccc1)c1ccccc1. The van der Waals surface area contributed by atoms with Gasteiger partial charge in [-0.25, -0.2) is 14.8 Å². The van der Waals surface area contributed by atoms with Crippen molar-refractivity contribution in [3.63, 3.8) is 0 Å². The highest BCUT2D eigenvalue weighted by Gasteiger charge is 2.41. The van der Waals surface area contributed by atoms with Gasteiger partial charge in [-0.1, -0.05) is 60.7 Å². The summed E-state index contributed by atoms with van der Waals surface area (Å²) in [5.41, 5.74) is 0.228. The number of aromatic nitrogens is 2. The largest absolute Gasteiger partial charge is 0.463 e. The summed E-state index contributed by atoms with van der Waals surface area (Å²) in [7, 11) is 0. The molecule has 3 aromatic rings. The van der Waals surface area contributed by atoms with Crippen molar-refractivity contribution in [3.8, 4) is 0 Å². The van der Waals surface area contributed by atoms with Crippen LogP contribution in [0, 0.1) is 5.92 Å². The van der Waals surface area contributed by atoms with E-state index in [4.69, 9.17) is 4.74 Å². The first kappa shape index (κ1) is 23.1. The minimum absolute atomic E-state index is 0.243. The van der Waals surface area contributed by atoms with Gasteiger partial charge in [-0.15, -0.1) is 0 Å². The minimum Gasteiger partial charge on any atom is -0.463 e. The van der Waals surface area contributed by atoms with Crippen molar-refractivity contribution in [3.05, 3.63) is 96.1 Å². The maximum atomic E-state index is 13.2. The number of hydrogen-bond acceptors (Lipinski definition) is 6. The molecule has 1 aliphatic rings. The third-order valence-electron chi connectivity index (χ3n) is 6.29. The number of likely N-dealkylation sites (tertiary alicyclic amines) is 1. The fraction of sp³-hybridized carbons (Fsp3) is 0.370. The van der Waals surface area contributed by atoms with Crippen LogP contribution in [-0.4, -0.2) is 52.2 Å². The van der Waals surface area contributed by atoms with Crippen LogP contribution in [-0.2, 0) is 21.6 Å². The Morgan fingerprint density at radius 2 is 1.55 bits per heavy atom. The quantitative estimate of drug-likeness (QED) is 0.481. The summed E-state index contributed by atoms with van der Waals surface area (Å²) in [5, 5.41) is 11.6. The summed E-state index contributed by atoms with van der Waals surface area (Å²) in [4.78, 5) is 24.0. The number of hydrogen-bond donors (Lipinski definition) is 1. The molecule has 1 aromatic heterocycles. The molecule has 2 heterocycles. The average molecular weight is 446 g/mol. The molecule has 1 N–H and O–H groups in total. The third-order valence-corrected chi connectivity index (χ3v) is 6.29. The summed E-state index contributed by atoms with van der Waals surface area (Å²) in [5.74, 6) is -0.341. The standard InChI is InChI=1S/C27H31N3O3/c31-26(27(32,24-9-3-1-4-10-24)25-11-5-2-6-12-25)33-16-13-22(20-30-14-7-8-15-30)17-23-18-28-21-29-19-23/h1-6,9-12,18-19,21-22,32H,7-8,13-17,20H2/t22-/m0/s1. The van der Waals surface area contributed by atoms with E-state index in [1.807, 2.05) is 48.8 Å². The van der Waals surface area contributed by atoms with Crippen LogP contribution in [0.2, 0.25) is 0 Å². The molecular weight excluding hydrogens is 414 g/mol. The van der Waals surface area contributed by atoms with Crippen molar-refractivity contribution in [2.75, 3.05) is 26.2 Å². The highest BCUT2D eigenvalue weighted by atomic mass is 16.5. The molecule has 1 aliphatic heterocycles. The summed E-state index contributed by atoms with van der Waals surface area (Å²) < 4.78 is 5.71. The molecule has 33 heavy (non-hydrogen) atoms. The van der Waals surface area contributed by atoms with Crippen LogP contribution < -0.4 is 0 Å². The van der Waals surface area contributed by atoms with Crippen LogP contribution in [0.25, 0.3) is 0 Å². The lowest BCUT2D eigenvalue weighted by Gasteiger charge is -2.28. The average Bonchev–Trinajstić information content (AvgIpc) is 3.38. The van der Waals surface area contributed by atoms with Gasteiger partial charge in [0.2, 0.25) is 5.60 Å². The van der Waals surface area contributed by atoms with Crippen LogP contribution in [0.1, 0.15) is 36.0 Å². The molecule has 0 amide bonds. The van der Waals surface area contributed by atoms with Gasteiger partial charge in [-0.3, -0.25) is 0 Å². The van der Waals surface area contributed by atoms with Crippen LogP contribution in [0.4, 0.5) is 0 Å². The minimum atomic E-state index is -1.85. The van der Waals surface area contributed by atoms with Crippen LogP contribution in [0.3, 0.4) is 0 Å². The van der Waals surface area contributed by atoms with Crippen LogP contribution >= 0.6 is 0 Å². The molecule has 6 heteroatoms. The van der Waals surface area contributed by atoms with Crippen LogP contribution in [0.5, 0.6) is 0 Å². The van der Waals surface area contributed by atoms with E-state index < -0.39 is 11.6 Å². The van der Waals surface area contributed by atoms with Crippen molar-refractivity contribution >= 4 is 5.97 Å². The molecule has 1 saturated heterocycles. The Hall–Kier alpha value is -3.09. The van der Waals surface area contributed by atoms with Crippen molar-refractivity contribution in [2.45, 2.75) is 31.3 Å². The first-order valence-electron chi connectivity index (χ1n) is 11.6. The molecule has 0 spiro atoms. The van der Waals surface area contributed by atoms with E-state index in [0.29, 0.717) is 23.5 Å². The van der Waals surface area contributed by atoms with E-state index in [-0.39, 0.29) is 6.61 Å². The van der Waals surface area contributed by atoms with Gasteiger partial charge >= 0.3 is 5.97 Å². The Kier molecular flexibility index (Phi) is 7.81. The Bertz CT molecular complexity index is 953. The van der Waals surface area contributed by atoms with E-state index in [1.54, 1.807) is 24.3 Å². The van der Waals surface area contributed by atoms with E-state index in [0.717, 1.165) is 31.6 Å². The molecule has 172 valence electrons. The summed E-state index contributed by atoms with van der Waals surface area (Å²) in [6.07, 6.45) is 9.23. The van der Waals surface area contributed by atoms with Crippen molar-refractivity contribution in [1.82, 2.24) is 14.9 Å². The second-order valence-electron chi connectivity index (χ2n) is 8.69. The second kappa shape index (κ2) is 11.2. The Labute approximate surface area is 195 Å². The number of aliphatic hydroxyl groups is 1. The number of rotatable bonds is 10. The second-order valence-corrected chi connectivity index (χ2v) is 8.69. The molecule has 0 radical (unpaired) electrons. The first-order valence-corrected chi connectivity index (χ1v) is 11.6. The maximum Gasteiger partial charge on any atom is 0.347 e. The zero-order chi connectivity index (χ0) is 22.9. The van der Waals surface area contributed by atoms with Gasteiger partial charge in [0.1, 0.15) is 6.33 Å². The van der Waals surface area contributed by atoms with Crippen molar-refractivity contribution in [1.29, 1.82) is 0 Å². The van der Waals surface area contributed by atoms with E-state index in [1.165, 1.54) is 19.2 Å². The Morgan fingerprint density at radius 3 is 2.12 bits per heavy atom. The zero-order valence-electron chi connectivity index (χ0n) is 18.8. The number of esters is 1. The number of nitrogens with zero attached hydrogens (tertiary/aromatic N) is 3. The molecule has 4 rings (SSSR count). The monoisotopic (exact) mass is 445 g/mol. The van der Waals surface area contributed by atoms with Gasteiger partial charge in [0.25, 0.3) is 0 Å². The molecule has 0 saturated carbocycles. The lowest BCUT2D eigenvalue weighted by atomic mass is 9.86. The van der Waals surface area contributed by atoms with Gasteiger partial charge < -0.3 is 14.7 Å². The number of benzene rings is 2. The van der Waals surface area contributed by atoms with Gasteiger partial charge in [0, 0.05) is 18.9 Å². The van der Waals surface area contributed by atoms with Gasteiger partial charge in [-0.05, 0) is 61.4 Å². The Morgan fingerprint density at radius 1 is 0.970 bits per heavy atom. The van der Waals surface area contributed by atoms with Gasteiger partial charge in [0.15, 0.2) is 0 Å². The first-order chi connectivity index (χ1) is 16.2. The maximum absolute atomic E-state index is 13.2. The van der Waals surface area contributed by atoms with Gasteiger partial charge in [0.05, 0.1) is 6.61 Å². The molecule has 0 aliphatic carbocycles. The normalized spacial score (nSPS) is 15.3. The fourth-order valence-electron chi connectivity index (χ4n) is 4.54. The fourth-order valence-corrected chi connectivity index (χ4v) is 4.54.